The van der Waals surface area contributed by atoms with E-state index in [4.69, 9.17) is 15.0 Å². The Balaban J connectivity index is 1.19. The minimum absolute atomic E-state index is 0.655. The van der Waals surface area contributed by atoms with Crippen molar-refractivity contribution in [1.82, 2.24) is 15.0 Å². The van der Waals surface area contributed by atoms with Crippen LogP contribution in [0.1, 0.15) is 11.1 Å². The second kappa shape index (κ2) is 11.1. The molecular formula is C46H29N3. The first-order valence-corrected chi connectivity index (χ1v) is 16.7. The molecule has 10 rings (SSSR count). The van der Waals surface area contributed by atoms with E-state index in [1.807, 2.05) is 6.07 Å². The molecule has 0 bridgehead atoms. The van der Waals surface area contributed by atoms with Crippen molar-refractivity contribution in [3.8, 4) is 56.4 Å². The van der Waals surface area contributed by atoms with Crippen molar-refractivity contribution >= 4 is 32.3 Å². The van der Waals surface area contributed by atoms with Gasteiger partial charge in [-0.2, -0.15) is 0 Å². The largest absolute Gasteiger partial charge is 0.208 e. The average molecular weight is 624 g/mol. The molecule has 3 heteroatoms. The summed E-state index contributed by atoms with van der Waals surface area (Å²) >= 11 is 0. The minimum Gasteiger partial charge on any atom is -0.208 e. The van der Waals surface area contributed by atoms with E-state index in [1.165, 1.54) is 54.6 Å². The lowest BCUT2D eigenvalue weighted by molar-refractivity contribution is 1.07. The van der Waals surface area contributed by atoms with E-state index in [0.29, 0.717) is 17.5 Å². The number of aromatic nitrogens is 3. The van der Waals surface area contributed by atoms with Crippen molar-refractivity contribution in [2.45, 2.75) is 6.42 Å². The fourth-order valence-electron chi connectivity index (χ4n) is 7.54. The Hall–Kier alpha value is -6.45. The molecule has 0 amide bonds. The summed E-state index contributed by atoms with van der Waals surface area (Å²) in [5, 5.41) is 7.39. The van der Waals surface area contributed by atoms with Gasteiger partial charge in [-0.25, -0.2) is 15.0 Å². The molecule has 0 fully saturated rings. The van der Waals surface area contributed by atoms with Crippen LogP contribution in [-0.2, 0) is 6.42 Å². The lowest BCUT2D eigenvalue weighted by Gasteiger charge is -2.13. The SMILES string of the molecule is c1ccc(-c2cccc(-c3nc(-c4ccc5c(c4)-c4ccccc4C5)nc(-c4ccc5c6ccccc6c6ccccc6c5c4)n3)c2)cc1. The molecule has 0 saturated carbocycles. The second-order valence-corrected chi connectivity index (χ2v) is 12.8. The number of hydrogen-bond acceptors (Lipinski definition) is 3. The molecule has 0 saturated heterocycles. The number of fused-ring (bicyclic) bond motifs is 9. The molecule has 1 aliphatic carbocycles. The molecular weight excluding hydrogens is 595 g/mol. The fourth-order valence-corrected chi connectivity index (χ4v) is 7.54. The van der Waals surface area contributed by atoms with E-state index in [9.17, 15) is 0 Å². The maximum absolute atomic E-state index is 5.19. The Kier molecular flexibility index (Phi) is 6.25. The van der Waals surface area contributed by atoms with Gasteiger partial charge >= 0.3 is 0 Å². The molecule has 1 aromatic heterocycles. The van der Waals surface area contributed by atoms with Gasteiger partial charge in [0.15, 0.2) is 17.5 Å². The highest BCUT2D eigenvalue weighted by Crippen LogP contribution is 2.40. The molecule has 1 aliphatic rings. The molecule has 0 radical (unpaired) electrons. The van der Waals surface area contributed by atoms with E-state index >= 15 is 0 Å². The summed E-state index contributed by atoms with van der Waals surface area (Å²) in [6.45, 7) is 0. The number of hydrogen-bond donors (Lipinski definition) is 0. The Morgan fingerprint density at radius 2 is 0.776 bits per heavy atom. The molecule has 49 heavy (non-hydrogen) atoms. The maximum atomic E-state index is 5.19. The molecule has 0 aliphatic heterocycles. The summed E-state index contributed by atoms with van der Waals surface area (Å²) < 4.78 is 0. The summed E-state index contributed by atoms with van der Waals surface area (Å²) in [6.07, 6.45) is 0.950. The standard InChI is InChI=1S/C46H29N3/c1-2-11-29(12-3-1)30-14-10-15-33(25-30)44-47-45(34-22-21-32-26-31-13-4-5-16-36(31)42(32)27-34)49-46(48-44)35-23-24-41-39-19-7-6-17-37(39)38-18-8-9-20-40(38)43(41)28-35/h1-25,27-28H,26H2. The molecule has 9 aromatic rings. The van der Waals surface area contributed by atoms with Crippen LogP contribution in [0.15, 0.2) is 164 Å². The van der Waals surface area contributed by atoms with Gasteiger partial charge < -0.3 is 0 Å². The Bertz CT molecular complexity index is 2710. The average Bonchev–Trinajstić information content (AvgIpc) is 3.56. The summed E-state index contributed by atoms with van der Waals surface area (Å²) in [4.78, 5) is 15.5. The molecule has 0 atom stereocenters. The van der Waals surface area contributed by atoms with Gasteiger partial charge in [0, 0.05) is 16.7 Å². The van der Waals surface area contributed by atoms with Gasteiger partial charge in [-0.15, -0.1) is 0 Å². The van der Waals surface area contributed by atoms with Crippen molar-refractivity contribution in [3.05, 3.63) is 175 Å². The highest BCUT2D eigenvalue weighted by Gasteiger charge is 2.20. The number of nitrogens with zero attached hydrogens (tertiary/aromatic N) is 3. The first-order valence-electron chi connectivity index (χ1n) is 16.7. The quantitative estimate of drug-likeness (QED) is 0.183. The van der Waals surface area contributed by atoms with Crippen LogP contribution in [0.25, 0.3) is 88.7 Å². The highest BCUT2D eigenvalue weighted by molar-refractivity contribution is 6.25. The monoisotopic (exact) mass is 623 g/mol. The third kappa shape index (κ3) is 4.62. The summed E-state index contributed by atoms with van der Waals surface area (Å²) in [5.41, 5.74) is 10.4. The Morgan fingerprint density at radius 3 is 1.49 bits per heavy atom. The number of benzene rings is 8. The van der Waals surface area contributed by atoms with Gasteiger partial charge in [-0.3, -0.25) is 0 Å². The fraction of sp³-hybridized carbons (Fsp3) is 0.0217. The Morgan fingerprint density at radius 1 is 0.286 bits per heavy atom. The van der Waals surface area contributed by atoms with Gasteiger partial charge in [-0.05, 0) is 90.3 Å². The van der Waals surface area contributed by atoms with Crippen molar-refractivity contribution in [2.24, 2.45) is 0 Å². The van der Waals surface area contributed by atoms with E-state index in [2.05, 4.69) is 158 Å². The van der Waals surface area contributed by atoms with Gasteiger partial charge in [0.25, 0.3) is 0 Å². The maximum Gasteiger partial charge on any atom is 0.164 e. The van der Waals surface area contributed by atoms with Crippen LogP contribution >= 0.6 is 0 Å². The normalized spacial score (nSPS) is 12.0. The summed E-state index contributed by atoms with van der Waals surface area (Å²) in [6, 6.07) is 58.2. The minimum atomic E-state index is 0.655. The zero-order valence-electron chi connectivity index (χ0n) is 26.6. The molecule has 228 valence electrons. The third-order valence-corrected chi connectivity index (χ3v) is 9.92. The van der Waals surface area contributed by atoms with Crippen LogP contribution < -0.4 is 0 Å². The molecule has 1 heterocycles. The van der Waals surface area contributed by atoms with Crippen LogP contribution in [-0.4, -0.2) is 15.0 Å². The van der Waals surface area contributed by atoms with Crippen LogP contribution in [0.4, 0.5) is 0 Å². The highest BCUT2D eigenvalue weighted by atomic mass is 15.0. The van der Waals surface area contributed by atoms with Gasteiger partial charge in [0.2, 0.25) is 0 Å². The molecule has 0 unspecified atom stereocenters. The Labute approximate surface area is 284 Å². The molecule has 0 spiro atoms. The lowest BCUT2D eigenvalue weighted by atomic mass is 9.93. The third-order valence-electron chi connectivity index (χ3n) is 9.92. The zero-order chi connectivity index (χ0) is 32.3. The van der Waals surface area contributed by atoms with Gasteiger partial charge in [0.05, 0.1) is 0 Å². The molecule has 0 N–H and O–H groups in total. The number of rotatable bonds is 4. The predicted molar refractivity (Wildman–Crippen MR) is 202 cm³/mol. The summed E-state index contributed by atoms with van der Waals surface area (Å²) in [7, 11) is 0. The van der Waals surface area contributed by atoms with Crippen LogP contribution in [0, 0.1) is 0 Å². The second-order valence-electron chi connectivity index (χ2n) is 12.8. The lowest BCUT2D eigenvalue weighted by Crippen LogP contribution is -2.00. The van der Waals surface area contributed by atoms with Crippen LogP contribution in [0.3, 0.4) is 0 Å². The van der Waals surface area contributed by atoms with Crippen molar-refractivity contribution in [2.75, 3.05) is 0 Å². The first kappa shape index (κ1) is 27.6. The van der Waals surface area contributed by atoms with E-state index in [1.54, 1.807) is 0 Å². The molecule has 3 nitrogen and oxygen atoms in total. The van der Waals surface area contributed by atoms with E-state index in [-0.39, 0.29) is 0 Å². The van der Waals surface area contributed by atoms with Crippen LogP contribution in [0.5, 0.6) is 0 Å². The van der Waals surface area contributed by atoms with E-state index in [0.717, 1.165) is 34.2 Å². The van der Waals surface area contributed by atoms with Gasteiger partial charge in [-0.1, -0.05) is 146 Å². The predicted octanol–water partition coefficient (Wildman–Crippen LogP) is 11.6. The molecule has 8 aromatic carbocycles. The van der Waals surface area contributed by atoms with Crippen LogP contribution in [0.2, 0.25) is 0 Å². The zero-order valence-corrected chi connectivity index (χ0v) is 26.6. The smallest absolute Gasteiger partial charge is 0.164 e. The van der Waals surface area contributed by atoms with E-state index < -0.39 is 0 Å². The van der Waals surface area contributed by atoms with Gasteiger partial charge in [0.1, 0.15) is 0 Å². The topological polar surface area (TPSA) is 38.7 Å². The summed E-state index contributed by atoms with van der Waals surface area (Å²) in [5.74, 6) is 1.98. The van der Waals surface area contributed by atoms with Crippen molar-refractivity contribution in [1.29, 1.82) is 0 Å². The van der Waals surface area contributed by atoms with Crippen molar-refractivity contribution < 1.29 is 0 Å². The first-order chi connectivity index (χ1) is 24.3. The van der Waals surface area contributed by atoms with Crippen molar-refractivity contribution in [3.63, 3.8) is 0 Å².